The first-order valence-corrected chi connectivity index (χ1v) is 9.09. The number of hydrogen-bond donors (Lipinski definition) is 0. The molecule has 2 rings (SSSR count). The maximum Gasteiger partial charge on any atom is 0.201 e. The molecule has 5 heteroatoms. The lowest BCUT2D eigenvalue weighted by Gasteiger charge is -2.40. The van der Waals surface area contributed by atoms with E-state index < -0.39 is 13.4 Å². The van der Waals surface area contributed by atoms with Gasteiger partial charge in [0.05, 0.1) is 18.9 Å². The molecule has 0 N–H and O–H groups in total. The Balaban J connectivity index is 2.52. The normalized spacial score (nSPS) is 18.2. The SMILES string of the molecule is CC(C)(C)P(=O)(c1cccc(C2OCCO2)n1)C(C)(C)C. The van der Waals surface area contributed by atoms with Crippen LogP contribution in [-0.4, -0.2) is 28.5 Å². The first kappa shape index (κ1) is 16.7. The van der Waals surface area contributed by atoms with Gasteiger partial charge in [-0.1, -0.05) is 47.6 Å². The van der Waals surface area contributed by atoms with Crippen LogP contribution in [0, 0.1) is 0 Å². The smallest absolute Gasteiger partial charge is 0.201 e. The van der Waals surface area contributed by atoms with Gasteiger partial charge in [0, 0.05) is 10.3 Å². The lowest BCUT2D eigenvalue weighted by Crippen LogP contribution is -2.36. The summed E-state index contributed by atoms with van der Waals surface area (Å²) in [6, 6.07) is 5.64. The van der Waals surface area contributed by atoms with Crippen LogP contribution in [0.3, 0.4) is 0 Å². The third kappa shape index (κ3) is 2.94. The predicted octanol–water partition coefficient (Wildman–Crippen LogP) is 3.71. The Kier molecular flexibility index (Phi) is 4.36. The molecule has 4 nitrogen and oxygen atoms in total. The van der Waals surface area contributed by atoms with Gasteiger partial charge < -0.3 is 14.0 Å². The van der Waals surface area contributed by atoms with Crippen LogP contribution in [0.1, 0.15) is 53.5 Å². The zero-order chi connectivity index (χ0) is 15.9. The molecule has 0 aliphatic carbocycles. The molecule has 1 aliphatic heterocycles. The second-order valence-electron chi connectivity index (χ2n) is 7.45. The fourth-order valence-electron chi connectivity index (χ4n) is 2.97. The number of aromatic nitrogens is 1. The largest absolute Gasteiger partial charge is 0.345 e. The van der Waals surface area contributed by atoms with Crippen molar-refractivity contribution in [1.82, 2.24) is 4.98 Å². The van der Waals surface area contributed by atoms with Gasteiger partial charge in [0.2, 0.25) is 6.29 Å². The van der Waals surface area contributed by atoms with Crippen molar-refractivity contribution < 1.29 is 14.0 Å². The third-order valence-electron chi connectivity index (χ3n) is 3.83. The Bertz CT molecular complexity index is 533. The Labute approximate surface area is 127 Å². The van der Waals surface area contributed by atoms with E-state index in [0.29, 0.717) is 24.3 Å². The highest BCUT2D eigenvalue weighted by Crippen LogP contribution is 2.65. The molecule has 0 spiro atoms. The van der Waals surface area contributed by atoms with E-state index in [0.717, 1.165) is 0 Å². The number of rotatable bonds is 2. The van der Waals surface area contributed by atoms with Crippen molar-refractivity contribution in [2.45, 2.75) is 58.1 Å². The van der Waals surface area contributed by atoms with Crippen molar-refractivity contribution in [3.05, 3.63) is 23.9 Å². The molecule has 1 aromatic rings. The van der Waals surface area contributed by atoms with Gasteiger partial charge >= 0.3 is 0 Å². The van der Waals surface area contributed by atoms with Crippen LogP contribution in [0.4, 0.5) is 0 Å². The van der Waals surface area contributed by atoms with Gasteiger partial charge in [0.15, 0.2) is 0 Å². The zero-order valence-corrected chi connectivity index (χ0v) is 14.7. The van der Waals surface area contributed by atoms with Crippen LogP contribution in [0.5, 0.6) is 0 Å². The zero-order valence-electron chi connectivity index (χ0n) is 13.8. The van der Waals surface area contributed by atoms with E-state index in [4.69, 9.17) is 9.47 Å². The molecule has 0 amide bonds. The number of ether oxygens (including phenoxy) is 2. The number of nitrogens with zero attached hydrogens (tertiary/aromatic N) is 1. The minimum Gasteiger partial charge on any atom is -0.345 e. The highest BCUT2D eigenvalue weighted by molar-refractivity contribution is 7.74. The molecule has 2 heterocycles. The molecule has 0 unspecified atom stereocenters. The van der Waals surface area contributed by atoms with Crippen molar-refractivity contribution in [2.24, 2.45) is 0 Å². The summed E-state index contributed by atoms with van der Waals surface area (Å²) in [4.78, 5) is 4.65. The van der Waals surface area contributed by atoms with Gasteiger partial charge in [-0.2, -0.15) is 0 Å². The molecule has 0 atom stereocenters. The van der Waals surface area contributed by atoms with E-state index in [1.54, 1.807) is 0 Å². The molecule has 0 aromatic carbocycles. The monoisotopic (exact) mass is 311 g/mol. The van der Waals surface area contributed by atoms with Gasteiger partial charge in [0.25, 0.3) is 0 Å². The molecule has 0 saturated carbocycles. The maximum atomic E-state index is 13.9. The fraction of sp³-hybridized carbons (Fsp3) is 0.688. The Hall–Kier alpha value is -0.700. The van der Waals surface area contributed by atoms with E-state index in [2.05, 4.69) is 4.98 Å². The average Bonchev–Trinajstić information content (AvgIpc) is 2.89. The van der Waals surface area contributed by atoms with E-state index in [1.165, 1.54) is 0 Å². The second-order valence-corrected chi connectivity index (χ2v) is 11.8. The van der Waals surface area contributed by atoms with Gasteiger partial charge in [0.1, 0.15) is 12.6 Å². The van der Waals surface area contributed by atoms with Crippen molar-refractivity contribution in [2.75, 3.05) is 13.2 Å². The van der Waals surface area contributed by atoms with Crippen molar-refractivity contribution in [3.63, 3.8) is 0 Å². The molecule has 1 fully saturated rings. The van der Waals surface area contributed by atoms with Gasteiger partial charge in [-0.3, -0.25) is 0 Å². The topological polar surface area (TPSA) is 48.4 Å². The summed E-state index contributed by atoms with van der Waals surface area (Å²) in [5.41, 5.74) is 1.37. The lowest BCUT2D eigenvalue weighted by molar-refractivity contribution is -0.0471. The van der Waals surface area contributed by atoms with Gasteiger partial charge in [-0.15, -0.1) is 0 Å². The summed E-state index contributed by atoms with van der Waals surface area (Å²) >= 11 is 0. The molecule has 0 radical (unpaired) electrons. The molecule has 1 saturated heterocycles. The maximum absolute atomic E-state index is 13.9. The van der Waals surface area contributed by atoms with Crippen molar-refractivity contribution in [3.8, 4) is 0 Å². The highest BCUT2D eigenvalue weighted by Gasteiger charge is 2.48. The van der Waals surface area contributed by atoms with Crippen molar-refractivity contribution in [1.29, 1.82) is 0 Å². The summed E-state index contributed by atoms with van der Waals surface area (Å²) in [6.07, 6.45) is -0.432. The van der Waals surface area contributed by atoms with Crippen LogP contribution in [0.2, 0.25) is 0 Å². The number of hydrogen-bond acceptors (Lipinski definition) is 4. The van der Waals surface area contributed by atoms with E-state index in [-0.39, 0.29) is 10.3 Å². The lowest BCUT2D eigenvalue weighted by atomic mass is 10.2. The minimum absolute atomic E-state index is 0.353. The molecule has 0 bridgehead atoms. The predicted molar refractivity (Wildman–Crippen MR) is 85.6 cm³/mol. The third-order valence-corrected chi connectivity index (χ3v) is 8.50. The summed E-state index contributed by atoms with van der Waals surface area (Å²) in [5, 5.41) is -0.706. The van der Waals surface area contributed by atoms with E-state index in [9.17, 15) is 4.57 Å². The van der Waals surface area contributed by atoms with E-state index >= 15 is 0 Å². The van der Waals surface area contributed by atoms with Crippen LogP contribution >= 0.6 is 7.14 Å². The summed E-state index contributed by atoms with van der Waals surface area (Å²) < 4.78 is 24.9. The first-order chi connectivity index (χ1) is 9.57. The van der Waals surface area contributed by atoms with Gasteiger partial charge in [-0.05, 0) is 12.1 Å². The second kappa shape index (κ2) is 5.49. The summed E-state index contributed by atoms with van der Waals surface area (Å²) in [7, 11) is -2.73. The molecular weight excluding hydrogens is 285 g/mol. The Morgan fingerprint density at radius 1 is 1.05 bits per heavy atom. The number of pyridine rings is 1. The standard InChI is InChI=1S/C16H26NO3P/c1-15(2,3)21(18,16(4,5)6)13-9-7-8-12(17-13)14-19-10-11-20-14/h7-9,14H,10-11H2,1-6H3. The van der Waals surface area contributed by atoms with Crippen LogP contribution in [0.25, 0.3) is 0 Å². The molecular formula is C16H26NO3P. The minimum atomic E-state index is -2.73. The molecule has 118 valence electrons. The van der Waals surface area contributed by atoms with Crippen LogP contribution < -0.4 is 5.44 Å². The Morgan fingerprint density at radius 3 is 2.05 bits per heavy atom. The Morgan fingerprint density at radius 2 is 1.57 bits per heavy atom. The van der Waals surface area contributed by atoms with E-state index in [1.807, 2.05) is 59.7 Å². The molecule has 1 aliphatic rings. The van der Waals surface area contributed by atoms with Crippen molar-refractivity contribution >= 4 is 12.6 Å². The van der Waals surface area contributed by atoms with Crippen LogP contribution in [-0.2, 0) is 14.0 Å². The quantitative estimate of drug-likeness (QED) is 0.781. The first-order valence-electron chi connectivity index (χ1n) is 7.38. The molecule has 21 heavy (non-hydrogen) atoms. The summed E-state index contributed by atoms with van der Waals surface area (Å²) in [5.74, 6) is 0. The molecule has 1 aromatic heterocycles. The highest BCUT2D eigenvalue weighted by atomic mass is 31.2. The van der Waals surface area contributed by atoms with Crippen LogP contribution in [0.15, 0.2) is 18.2 Å². The fourth-order valence-corrected chi connectivity index (χ4v) is 6.91. The van der Waals surface area contributed by atoms with Gasteiger partial charge in [-0.25, -0.2) is 4.98 Å². The summed E-state index contributed by atoms with van der Waals surface area (Å²) in [6.45, 7) is 13.3. The average molecular weight is 311 g/mol.